The van der Waals surface area contributed by atoms with E-state index in [-0.39, 0.29) is 12.3 Å². The summed E-state index contributed by atoms with van der Waals surface area (Å²) in [5.41, 5.74) is 1.47. The van der Waals surface area contributed by atoms with Crippen LogP contribution in [0.3, 0.4) is 0 Å². The second-order valence-corrected chi connectivity index (χ2v) is 5.45. The third-order valence-electron chi connectivity index (χ3n) is 2.97. The average molecular weight is 338 g/mol. The number of ether oxygens (including phenoxy) is 1. The molecule has 0 atom stereocenters. The Balaban J connectivity index is 2.20. The number of hydrogen-bond acceptors (Lipinski definition) is 3. The molecule has 0 radical (unpaired) electrons. The predicted molar refractivity (Wildman–Crippen MR) is 87.9 cm³/mol. The Hall–Kier alpha value is -2.04. The highest BCUT2D eigenvalue weighted by Crippen LogP contribution is 2.25. The first kappa shape index (κ1) is 16.3. The minimum absolute atomic E-state index is 0.0422. The molecule has 2 aromatic carbocycles. The lowest BCUT2D eigenvalue weighted by molar-refractivity contribution is -0.422. The van der Waals surface area contributed by atoms with E-state index in [1.807, 2.05) is 0 Å². The van der Waals surface area contributed by atoms with Gasteiger partial charge >= 0.3 is 0 Å². The number of nitrogens with zero attached hydrogens (tertiary/aromatic N) is 1. The molecule has 0 bridgehead atoms. The van der Waals surface area contributed by atoms with Crippen molar-refractivity contribution in [2.24, 2.45) is 0 Å². The normalized spacial score (nSPS) is 11.3. The van der Waals surface area contributed by atoms with Crippen LogP contribution in [0.2, 0.25) is 10.0 Å². The van der Waals surface area contributed by atoms with Gasteiger partial charge in [-0.3, -0.25) is 10.1 Å². The fourth-order valence-electron chi connectivity index (χ4n) is 1.80. The van der Waals surface area contributed by atoms with Crippen molar-refractivity contribution in [2.75, 3.05) is 0 Å². The van der Waals surface area contributed by atoms with Gasteiger partial charge in [0, 0.05) is 34.2 Å². The minimum atomic E-state index is -0.438. The van der Waals surface area contributed by atoms with E-state index in [4.69, 9.17) is 27.9 Å². The fraction of sp³-hybridized carbons (Fsp3) is 0.125. The highest BCUT2D eigenvalue weighted by molar-refractivity contribution is 6.35. The topological polar surface area (TPSA) is 52.4 Å². The van der Waals surface area contributed by atoms with Crippen LogP contribution in [-0.4, -0.2) is 4.92 Å². The van der Waals surface area contributed by atoms with E-state index in [2.05, 4.69) is 0 Å². The molecule has 22 heavy (non-hydrogen) atoms. The highest BCUT2D eigenvalue weighted by atomic mass is 35.5. The molecule has 0 aromatic heterocycles. The van der Waals surface area contributed by atoms with Crippen molar-refractivity contribution in [1.82, 2.24) is 0 Å². The lowest BCUT2D eigenvalue weighted by atomic mass is 10.1. The van der Waals surface area contributed by atoms with Gasteiger partial charge in [0.15, 0.2) is 0 Å². The van der Waals surface area contributed by atoms with Crippen molar-refractivity contribution in [3.8, 4) is 5.75 Å². The van der Waals surface area contributed by atoms with Crippen molar-refractivity contribution < 1.29 is 9.66 Å². The van der Waals surface area contributed by atoms with E-state index in [9.17, 15) is 10.1 Å². The summed E-state index contributed by atoms with van der Waals surface area (Å²) in [5, 5.41) is 11.8. The van der Waals surface area contributed by atoms with Crippen LogP contribution in [0.4, 0.5) is 0 Å². The third-order valence-corrected chi connectivity index (χ3v) is 3.56. The first-order chi connectivity index (χ1) is 10.5. The van der Waals surface area contributed by atoms with Crippen LogP contribution in [0.1, 0.15) is 18.1 Å². The third kappa shape index (κ3) is 4.23. The summed E-state index contributed by atoms with van der Waals surface area (Å²) in [6.07, 6.45) is 1.47. The van der Waals surface area contributed by atoms with Gasteiger partial charge in [-0.15, -0.1) is 0 Å². The van der Waals surface area contributed by atoms with Crippen LogP contribution in [-0.2, 0) is 6.61 Å². The second-order valence-electron chi connectivity index (χ2n) is 4.61. The van der Waals surface area contributed by atoms with Gasteiger partial charge in [-0.1, -0.05) is 47.5 Å². The van der Waals surface area contributed by atoms with Gasteiger partial charge in [0.1, 0.15) is 12.4 Å². The molecule has 0 N–H and O–H groups in total. The van der Waals surface area contributed by atoms with Crippen molar-refractivity contribution in [3.05, 3.63) is 79.4 Å². The largest absolute Gasteiger partial charge is 0.488 e. The van der Waals surface area contributed by atoms with Crippen molar-refractivity contribution in [3.63, 3.8) is 0 Å². The maximum Gasteiger partial charge on any atom is 0.243 e. The molecule has 0 fully saturated rings. The molecule has 0 amide bonds. The van der Waals surface area contributed by atoms with Gasteiger partial charge < -0.3 is 4.74 Å². The molecule has 6 heteroatoms. The molecular formula is C16H13Cl2NO3. The molecule has 0 saturated heterocycles. The zero-order valence-electron chi connectivity index (χ0n) is 11.8. The molecule has 0 aliphatic carbocycles. The highest BCUT2D eigenvalue weighted by Gasteiger charge is 2.08. The Morgan fingerprint density at radius 3 is 2.68 bits per heavy atom. The van der Waals surface area contributed by atoms with Gasteiger partial charge in [0.2, 0.25) is 5.70 Å². The lowest BCUT2D eigenvalue weighted by Gasteiger charge is -2.10. The molecule has 0 saturated carbocycles. The monoisotopic (exact) mass is 337 g/mol. The molecule has 2 rings (SSSR count). The van der Waals surface area contributed by atoms with E-state index < -0.39 is 4.92 Å². The predicted octanol–water partition coefficient (Wildman–Crippen LogP) is 5.21. The summed E-state index contributed by atoms with van der Waals surface area (Å²) in [4.78, 5) is 10.3. The van der Waals surface area contributed by atoms with E-state index >= 15 is 0 Å². The fourth-order valence-corrected chi connectivity index (χ4v) is 2.27. The summed E-state index contributed by atoms with van der Waals surface area (Å²) in [5.74, 6) is 0.551. The number of allylic oxidation sites excluding steroid dienone is 1. The van der Waals surface area contributed by atoms with Gasteiger partial charge in [0.05, 0.1) is 4.92 Å². The quantitative estimate of drug-likeness (QED) is 0.555. The van der Waals surface area contributed by atoms with Gasteiger partial charge in [0.25, 0.3) is 0 Å². The van der Waals surface area contributed by atoms with Gasteiger partial charge in [-0.2, -0.15) is 0 Å². The van der Waals surface area contributed by atoms with E-state index in [0.717, 1.165) is 5.56 Å². The van der Waals surface area contributed by atoms with E-state index in [1.165, 1.54) is 13.0 Å². The first-order valence-corrected chi connectivity index (χ1v) is 7.21. The summed E-state index contributed by atoms with van der Waals surface area (Å²) in [6, 6.07) is 12.3. The molecule has 0 aliphatic heterocycles. The first-order valence-electron chi connectivity index (χ1n) is 6.46. The molecule has 114 valence electrons. The van der Waals surface area contributed by atoms with Crippen molar-refractivity contribution in [1.29, 1.82) is 0 Å². The maximum atomic E-state index is 10.7. The minimum Gasteiger partial charge on any atom is -0.488 e. The zero-order chi connectivity index (χ0) is 16.1. The second kappa shape index (κ2) is 7.29. The number of para-hydroxylation sites is 1. The smallest absolute Gasteiger partial charge is 0.243 e. The maximum absolute atomic E-state index is 10.7. The van der Waals surface area contributed by atoms with Crippen LogP contribution in [0.5, 0.6) is 5.75 Å². The summed E-state index contributed by atoms with van der Waals surface area (Å²) in [7, 11) is 0. The number of rotatable bonds is 5. The molecule has 0 aliphatic rings. The SMILES string of the molecule is C/C(=C\c1ccccc1OCc1ccc(Cl)cc1Cl)[N+](=O)[O-]. The number of hydrogen-bond donors (Lipinski definition) is 0. The standard InChI is InChI=1S/C16H13Cl2NO3/c1-11(19(20)21)8-12-4-2-3-5-16(12)22-10-13-6-7-14(17)9-15(13)18/h2-9H,10H2,1H3/b11-8+. The van der Waals surface area contributed by atoms with Crippen LogP contribution in [0, 0.1) is 10.1 Å². The number of nitro groups is 1. The van der Waals surface area contributed by atoms with Gasteiger partial charge in [-0.05, 0) is 18.2 Å². The molecule has 0 unspecified atom stereocenters. The Bertz CT molecular complexity index is 729. The number of benzene rings is 2. The Morgan fingerprint density at radius 1 is 1.27 bits per heavy atom. The molecule has 0 spiro atoms. The van der Waals surface area contributed by atoms with Crippen molar-refractivity contribution >= 4 is 29.3 Å². The van der Waals surface area contributed by atoms with Crippen LogP contribution in [0.15, 0.2) is 48.2 Å². The van der Waals surface area contributed by atoms with Crippen LogP contribution >= 0.6 is 23.2 Å². The molecule has 4 nitrogen and oxygen atoms in total. The summed E-state index contributed by atoms with van der Waals surface area (Å²) < 4.78 is 5.73. The Kier molecular flexibility index (Phi) is 5.41. The Morgan fingerprint density at radius 2 is 2.00 bits per heavy atom. The number of halogens is 2. The van der Waals surface area contributed by atoms with Crippen LogP contribution < -0.4 is 4.74 Å². The molecule has 0 heterocycles. The lowest BCUT2D eigenvalue weighted by Crippen LogP contribution is -1.99. The summed E-state index contributed by atoms with van der Waals surface area (Å²) >= 11 is 11.9. The summed E-state index contributed by atoms with van der Waals surface area (Å²) in [6.45, 7) is 1.69. The van der Waals surface area contributed by atoms with Crippen LogP contribution in [0.25, 0.3) is 6.08 Å². The van der Waals surface area contributed by atoms with E-state index in [1.54, 1.807) is 42.5 Å². The molecule has 2 aromatic rings. The molecular weight excluding hydrogens is 325 g/mol. The average Bonchev–Trinajstić information content (AvgIpc) is 2.47. The van der Waals surface area contributed by atoms with Crippen molar-refractivity contribution in [2.45, 2.75) is 13.5 Å². The Labute approximate surface area is 138 Å². The van der Waals surface area contributed by atoms with Gasteiger partial charge in [-0.25, -0.2) is 0 Å². The zero-order valence-corrected chi connectivity index (χ0v) is 13.3. The van der Waals surface area contributed by atoms with E-state index in [0.29, 0.717) is 21.4 Å².